The maximum absolute atomic E-state index is 5.82. The quantitative estimate of drug-likeness (QED) is 0.485. The van der Waals surface area contributed by atoms with Gasteiger partial charge in [0.05, 0.1) is 18.7 Å². The molecule has 0 saturated heterocycles. The summed E-state index contributed by atoms with van der Waals surface area (Å²) in [5.74, 6) is 4.55. The fraction of sp³-hybridized carbons (Fsp3) is 0.238. The normalized spacial score (nSPS) is 10.4. The monoisotopic (exact) mass is 363 g/mol. The molecule has 138 valence electrons. The maximum atomic E-state index is 5.82. The number of benzene rings is 2. The average Bonchev–Trinajstić information content (AvgIpc) is 2.69. The Kier molecular flexibility index (Phi) is 6.08. The number of anilines is 2. The van der Waals surface area contributed by atoms with Crippen LogP contribution in [0.5, 0.6) is 11.5 Å². The standard InChI is InChI=1S/C21H21N3O3/c1-4-15-7-6-8-16(11-15)24-21-17-12-19(27-10-9-25-3)20(26-5-2)13-18(17)22-14-23-21/h1,6-8,11-14H,5,9-10H2,2-3H3,(H,22,23,24). The lowest BCUT2D eigenvalue weighted by Crippen LogP contribution is -2.06. The van der Waals surface area contributed by atoms with E-state index in [2.05, 4.69) is 21.2 Å². The minimum absolute atomic E-state index is 0.419. The SMILES string of the molecule is C#Cc1cccc(Nc2ncnc3cc(OCC)c(OCCOC)cc23)c1. The third-order valence-corrected chi connectivity index (χ3v) is 3.84. The summed E-state index contributed by atoms with van der Waals surface area (Å²) in [5, 5.41) is 4.12. The molecule has 0 radical (unpaired) electrons. The van der Waals surface area contributed by atoms with Crippen molar-refractivity contribution in [3.05, 3.63) is 48.3 Å². The fourth-order valence-corrected chi connectivity index (χ4v) is 2.60. The van der Waals surface area contributed by atoms with Gasteiger partial charge in [-0.1, -0.05) is 12.0 Å². The number of hydrogen-bond acceptors (Lipinski definition) is 6. The molecule has 0 aliphatic carbocycles. The second-order valence-corrected chi connectivity index (χ2v) is 5.66. The van der Waals surface area contributed by atoms with Crippen LogP contribution in [-0.4, -0.2) is 36.9 Å². The van der Waals surface area contributed by atoms with Crippen molar-refractivity contribution >= 4 is 22.4 Å². The van der Waals surface area contributed by atoms with Crippen LogP contribution in [0.3, 0.4) is 0 Å². The van der Waals surface area contributed by atoms with Crippen LogP contribution in [0.4, 0.5) is 11.5 Å². The van der Waals surface area contributed by atoms with E-state index >= 15 is 0 Å². The van der Waals surface area contributed by atoms with Crippen LogP contribution in [0.1, 0.15) is 12.5 Å². The highest BCUT2D eigenvalue weighted by Gasteiger charge is 2.12. The van der Waals surface area contributed by atoms with Crippen molar-refractivity contribution in [1.82, 2.24) is 9.97 Å². The molecule has 27 heavy (non-hydrogen) atoms. The van der Waals surface area contributed by atoms with E-state index in [4.69, 9.17) is 20.6 Å². The van der Waals surface area contributed by atoms with E-state index in [9.17, 15) is 0 Å². The maximum Gasteiger partial charge on any atom is 0.163 e. The van der Waals surface area contributed by atoms with Gasteiger partial charge in [0, 0.05) is 29.8 Å². The molecule has 0 saturated carbocycles. The van der Waals surface area contributed by atoms with Crippen molar-refractivity contribution in [2.24, 2.45) is 0 Å². The Hall–Kier alpha value is -3.30. The third-order valence-electron chi connectivity index (χ3n) is 3.84. The Bertz CT molecular complexity index is 967. The topological polar surface area (TPSA) is 65.5 Å². The lowest BCUT2D eigenvalue weighted by atomic mass is 10.2. The lowest BCUT2D eigenvalue weighted by Gasteiger charge is -2.14. The third kappa shape index (κ3) is 4.46. The number of terminal acetylenes is 1. The van der Waals surface area contributed by atoms with Crippen molar-refractivity contribution in [2.75, 3.05) is 32.2 Å². The molecule has 1 aromatic heterocycles. The predicted octanol–water partition coefficient (Wildman–Crippen LogP) is 3.78. The summed E-state index contributed by atoms with van der Waals surface area (Å²) in [6.07, 6.45) is 6.99. The van der Waals surface area contributed by atoms with E-state index in [0.717, 1.165) is 22.2 Å². The van der Waals surface area contributed by atoms with Gasteiger partial charge in [-0.2, -0.15) is 0 Å². The summed E-state index contributed by atoms with van der Waals surface area (Å²) in [6.45, 7) is 3.36. The first-order valence-corrected chi connectivity index (χ1v) is 8.62. The molecule has 3 rings (SSSR count). The largest absolute Gasteiger partial charge is 0.490 e. The fourth-order valence-electron chi connectivity index (χ4n) is 2.60. The van der Waals surface area contributed by atoms with Crippen LogP contribution in [0, 0.1) is 12.3 Å². The molecule has 1 N–H and O–H groups in total. The molecule has 0 bridgehead atoms. The van der Waals surface area contributed by atoms with Crippen molar-refractivity contribution in [2.45, 2.75) is 6.92 Å². The summed E-state index contributed by atoms with van der Waals surface area (Å²) >= 11 is 0. The van der Waals surface area contributed by atoms with Crippen LogP contribution in [-0.2, 0) is 4.74 Å². The first-order valence-electron chi connectivity index (χ1n) is 8.62. The Labute approximate surface area is 158 Å². The van der Waals surface area contributed by atoms with Gasteiger partial charge in [-0.3, -0.25) is 0 Å². The van der Waals surface area contributed by atoms with Gasteiger partial charge >= 0.3 is 0 Å². The van der Waals surface area contributed by atoms with Crippen LogP contribution in [0.2, 0.25) is 0 Å². The summed E-state index contributed by atoms with van der Waals surface area (Å²) in [4.78, 5) is 8.73. The molecule has 2 aromatic carbocycles. The van der Waals surface area contributed by atoms with Gasteiger partial charge in [-0.05, 0) is 31.2 Å². The Morgan fingerprint density at radius 3 is 2.70 bits per heavy atom. The zero-order valence-corrected chi connectivity index (χ0v) is 15.4. The molecular formula is C21H21N3O3. The van der Waals surface area contributed by atoms with Crippen molar-refractivity contribution < 1.29 is 14.2 Å². The second kappa shape index (κ2) is 8.88. The van der Waals surface area contributed by atoms with Crippen molar-refractivity contribution in [3.8, 4) is 23.8 Å². The Balaban J connectivity index is 2.00. The Morgan fingerprint density at radius 2 is 1.93 bits per heavy atom. The van der Waals surface area contributed by atoms with Crippen molar-refractivity contribution in [1.29, 1.82) is 0 Å². The van der Waals surface area contributed by atoms with Crippen LogP contribution in [0.15, 0.2) is 42.7 Å². The molecular weight excluding hydrogens is 342 g/mol. The summed E-state index contributed by atoms with van der Waals surface area (Å²) in [5.41, 5.74) is 2.39. The summed E-state index contributed by atoms with van der Waals surface area (Å²) in [6, 6.07) is 11.3. The molecule has 0 aliphatic heterocycles. The van der Waals surface area contributed by atoms with Gasteiger partial charge in [0.2, 0.25) is 0 Å². The lowest BCUT2D eigenvalue weighted by molar-refractivity contribution is 0.143. The number of hydrogen-bond donors (Lipinski definition) is 1. The first-order chi connectivity index (χ1) is 13.2. The van der Waals surface area contributed by atoms with Crippen molar-refractivity contribution in [3.63, 3.8) is 0 Å². The summed E-state index contributed by atoms with van der Waals surface area (Å²) < 4.78 is 16.6. The smallest absolute Gasteiger partial charge is 0.163 e. The number of fused-ring (bicyclic) bond motifs is 1. The van der Waals surface area contributed by atoms with Gasteiger partial charge in [-0.25, -0.2) is 9.97 Å². The number of methoxy groups -OCH3 is 1. The highest BCUT2D eigenvalue weighted by molar-refractivity contribution is 5.93. The van der Waals surface area contributed by atoms with Gasteiger partial charge < -0.3 is 19.5 Å². The van der Waals surface area contributed by atoms with Crippen LogP contribution >= 0.6 is 0 Å². The highest BCUT2D eigenvalue weighted by atomic mass is 16.5. The molecule has 6 heteroatoms. The summed E-state index contributed by atoms with van der Waals surface area (Å²) in [7, 11) is 1.63. The van der Waals surface area contributed by atoms with E-state index < -0.39 is 0 Å². The molecule has 0 aliphatic rings. The van der Waals surface area contributed by atoms with Crippen LogP contribution in [0.25, 0.3) is 10.9 Å². The van der Waals surface area contributed by atoms with Gasteiger partial charge in [0.25, 0.3) is 0 Å². The zero-order chi connectivity index (χ0) is 19.1. The number of rotatable bonds is 8. The number of nitrogens with zero attached hydrogens (tertiary/aromatic N) is 2. The number of aromatic nitrogens is 2. The van der Waals surface area contributed by atoms with Gasteiger partial charge in [0.15, 0.2) is 11.5 Å². The number of nitrogens with one attached hydrogen (secondary N) is 1. The zero-order valence-electron chi connectivity index (χ0n) is 15.4. The van der Waals surface area contributed by atoms with E-state index in [1.165, 1.54) is 6.33 Å². The molecule has 3 aromatic rings. The molecule has 0 unspecified atom stereocenters. The predicted molar refractivity (Wildman–Crippen MR) is 106 cm³/mol. The minimum atomic E-state index is 0.419. The Morgan fingerprint density at radius 1 is 1.07 bits per heavy atom. The molecule has 0 atom stereocenters. The molecule has 0 amide bonds. The highest BCUT2D eigenvalue weighted by Crippen LogP contribution is 2.35. The van der Waals surface area contributed by atoms with Crippen LogP contribution < -0.4 is 14.8 Å². The van der Waals surface area contributed by atoms with Gasteiger partial charge in [-0.15, -0.1) is 6.42 Å². The van der Waals surface area contributed by atoms with E-state index in [-0.39, 0.29) is 0 Å². The van der Waals surface area contributed by atoms with E-state index in [1.54, 1.807) is 7.11 Å². The second-order valence-electron chi connectivity index (χ2n) is 5.66. The van der Waals surface area contributed by atoms with E-state index in [0.29, 0.717) is 37.1 Å². The van der Waals surface area contributed by atoms with Gasteiger partial charge in [0.1, 0.15) is 18.8 Å². The molecule has 1 heterocycles. The average molecular weight is 363 g/mol. The first kappa shape index (κ1) is 18.5. The molecule has 6 nitrogen and oxygen atoms in total. The molecule has 0 fully saturated rings. The minimum Gasteiger partial charge on any atom is -0.490 e. The van der Waals surface area contributed by atoms with E-state index in [1.807, 2.05) is 43.3 Å². The number of ether oxygens (including phenoxy) is 3. The molecule has 0 spiro atoms.